The number of hydrogen-bond donors (Lipinski definition) is 2. The van der Waals surface area contributed by atoms with Gasteiger partial charge in [-0.15, -0.1) is 0 Å². The summed E-state index contributed by atoms with van der Waals surface area (Å²) in [5.41, 5.74) is 3.71. The van der Waals surface area contributed by atoms with E-state index in [0.29, 0.717) is 5.56 Å². The highest BCUT2D eigenvalue weighted by Crippen LogP contribution is 2.67. The summed E-state index contributed by atoms with van der Waals surface area (Å²) in [6, 6.07) is 6.58. The van der Waals surface area contributed by atoms with E-state index in [4.69, 9.17) is 4.84 Å². The first-order valence-electron chi connectivity index (χ1n) is 7.31. The standard InChI is InChI=1S/C15H9F3N4O3/c1-13-9-8(20-14(9,13)11(23)22-25-13)6-2-4-7(5-3-6)10-19-12(24-21-10)15(16,17)18/h2-5,20H,1H3,(H,22,23). The van der Waals surface area contributed by atoms with E-state index >= 15 is 0 Å². The van der Waals surface area contributed by atoms with Gasteiger partial charge in [-0.1, -0.05) is 29.4 Å². The molecule has 2 atom stereocenters. The van der Waals surface area contributed by atoms with Gasteiger partial charge in [-0.25, -0.2) is 5.48 Å². The van der Waals surface area contributed by atoms with Gasteiger partial charge in [-0.2, -0.15) is 18.2 Å². The molecular formula is C15H9F3N4O3. The molecule has 1 saturated carbocycles. The molecule has 1 spiro atoms. The molecule has 2 aromatic rings. The van der Waals surface area contributed by atoms with Gasteiger partial charge >= 0.3 is 12.1 Å². The number of hydroxylamine groups is 1. The highest BCUT2D eigenvalue weighted by atomic mass is 19.4. The number of carbonyl (C=O) groups excluding carboxylic acids is 1. The number of hydrogen-bond acceptors (Lipinski definition) is 6. The zero-order chi connectivity index (χ0) is 17.6. The molecule has 25 heavy (non-hydrogen) atoms. The fourth-order valence-electron chi connectivity index (χ4n) is 3.50. The van der Waals surface area contributed by atoms with Gasteiger partial charge in [0.2, 0.25) is 5.82 Å². The lowest BCUT2D eigenvalue weighted by atomic mass is 10.0. The van der Waals surface area contributed by atoms with Crippen LogP contribution in [-0.4, -0.2) is 27.2 Å². The van der Waals surface area contributed by atoms with Gasteiger partial charge in [0.05, 0.1) is 0 Å². The molecule has 0 bridgehead atoms. The number of nitrogens with zero attached hydrogens (tertiary/aromatic N) is 2. The second kappa shape index (κ2) is 4.02. The minimum atomic E-state index is -4.68. The summed E-state index contributed by atoms with van der Waals surface area (Å²) in [6.07, 6.45) is -4.68. The van der Waals surface area contributed by atoms with Crippen LogP contribution in [-0.2, 0) is 15.8 Å². The average molecular weight is 350 g/mol. The summed E-state index contributed by atoms with van der Waals surface area (Å²) >= 11 is 0. The number of amides is 1. The van der Waals surface area contributed by atoms with Crippen molar-refractivity contribution in [1.29, 1.82) is 0 Å². The molecule has 7 nitrogen and oxygen atoms in total. The SMILES string of the molecule is CC12ONC(=O)C13NC(c1ccc(-c4noc(C(F)(F)F)n4)cc1)=C23. The van der Waals surface area contributed by atoms with Crippen LogP contribution in [0.3, 0.4) is 0 Å². The van der Waals surface area contributed by atoms with Crippen molar-refractivity contribution >= 4 is 11.6 Å². The molecule has 10 heteroatoms. The Morgan fingerprint density at radius 1 is 1.16 bits per heavy atom. The first-order valence-corrected chi connectivity index (χ1v) is 7.31. The van der Waals surface area contributed by atoms with Crippen LogP contribution in [0.15, 0.2) is 34.4 Å². The molecule has 3 aliphatic rings. The van der Waals surface area contributed by atoms with Crippen molar-refractivity contribution in [3.8, 4) is 11.4 Å². The largest absolute Gasteiger partial charge is 0.471 e. The van der Waals surface area contributed by atoms with Crippen molar-refractivity contribution < 1.29 is 27.3 Å². The Kier molecular flexibility index (Phi) is 2.33. The third-order valence-electron chi connectivity index (χ3n) is 4.86. The minimum Gasteiger partial charge on any atom is -0.364 e. The van der Waals surface area contributed by atoms with Crippen LogP contribution >= 0.6 is 0 Å². The molecule has 1 aromatic carbocycles. The van der Waals surface area contributed by atoms with Gasteiger partial charge in [-0.05, 0) is 12.5 Å². The van der Waals surface area contributed by atoms with Crippen molar-refractivity contribution in [3.05, 3.63) is 41.3 Å². The minimum absolute atomic E-state index is 0.146. The van der Waals surface area contributed by atoms with Crippen molar-refractivity contribution in [2.75, 3.05) is 0 Å². The number of nitrogens with one attached hydrogen (secondary N) is 2. The average Bonchev–Trinajstić information content (AvgIpc) is 2.94. The number of aromatic nitrogens is 2. The second-order valence-electron chi connectivity index (χ2n) is 6.19. The van der Waals surface area contributed by atoms with Crippen LogP contribution in [0.25, 0.3) is 17.1 Å². The number of halogens is 3. The molecule has 2 unspecified atom stereocenters. The second-order valence-corrected chi connectivity index (χ2v) is 6.19. The zero-order valence-electron chi connectivity index (χ0n) is 12.6. The van der Waals surface area contributed by atoms with Gasteiger partial charge in [-0.3, -0.25) is 9.63 Å². The van der Waals surface area contributed by atoms with Gasteiger partial charge in [0.25, 0.3) is 5.91 Å². The molecule has 1 aliphatic carbocycles. The van der Waals surface area contributed by atoms with Gasteiger partial charge < -0.3 is 9.84 Å². The maximum Gasteiger partial charge on any atom is 0.471 e. The molecule has 1 saturated heterocycles. The van der Waals surface area contributed by atoms with Crippen LogP contribution in [0.1, 0.15) is 18.4 Å². The normalized spacial score (nSPS) is 29.5. The van der Waals surface area contributed by atoms with Crippen LogP contribution in [0.5, 0.6) is 0 Å². The number of fused-ring (bicyclic) bond motifs is 1. The molecule has 0 radical (unpaired) electrons. The maximum atomic E-state index is 12.5. The van der Waals surface area contributed by atoms with Crippen LogP contribution < -0.4 is 10.8 Å². The smallest absolute Gasteiger partial charge is 0.364 e. The first kappa shape index (κ1) is 14.5. The molecule has 2 N–H and O–H groups in total. The number of carbonyl (C=O) groups is 1. The lowest BCUT2D eigenvalue weighted by Crippen LogP contribution is -2.48. The number of benzene rings is 1. The Hall–Kier alpha value is -2.88. The van der Waals surface area contributed by atoms with Crippen molar-refractivity contribution in [2.45, 2.75) is 24.2 Å². The summed E-state index contributed by atoms with van der Waals surface area (Å²) in [4.78, 5) is 20.5. The van der Waals surface area contributed by atoms with Gasteiger partial charge in [0, 0.05) is 16.8 Å². The van der Waals surface area contributed by atoms with Crippen LogP contribution in [0.2, 0.25) is 0 Å². The summed E-state index contributed by atoms with van der Waals surface area (Å²) < 4.78 is 41.8. The van der Waals surface area contributed by atoms with E-state index in [0.717, 1.165) is 16.8 Å². The van der Waals surface area contributed by atoms with E-state index in [1.54, 1.807) is 24.3 Å². The predicted molar refractivity (Wildman–Crippen MR) is 75.2 cm³/mol. The molecular weight excluding hydrogens is 341 g/mol. The van der Waals surface area contributed by atoms with E-state index in [-0.39, 0.29) is 11.7 Å². The Bertz CT molecular complexity index is 965. The Labute approximate surface area is 137 Å². The Morgan fingerprint density at radius 3 is 2.44 bits per heavy atom. The van der Waals surface area contributed by atoms with Gasteiger partial charge in [0.1, 0.15) is 0 Å². The van der Waals surface area contributed by atoms with Crippen molar-refractivity contribution in [3.63, 3.8) is 0 Å². The molecule has 5 rings (SSSR count). The van der Waals surface area contributed by atoms with E-state index in [9.17, 15) is 18.0 Å². The predicted octanol–water partition coefficient (Wildman–Crippen LogP) is 1.64. The molecule has 2 aliphatic heterocycles. The third kappa shape index (κ3) is 1.57. The van der Waals surface area contributed by atoms with Crippen LogP contribution in [0, 0.1) is 0 Å². The fraction of sp³-hybridized carbons (Fsp3) is 0.267. The van der Waals surface area contributed by atoms with Crippen molar-refractivity contribution in [2.24, 2.45) is 0 Å². The van der Waals surface area contributed by atoms with E-state index in [1.807, 2.05) is 6.92 Å². The Morgan fingerprint density at radius 2 is 1.84 bits per heavy atom. The first-order chi connectivity index (χ1) is 11.8. The zero-order valence-corrected chi connectivity index (χ0v) is 12.6. The highest BCUT2D eigenvalue weighted by molar-refractivity contribution is 6.11. The molecule has 3 heterocycles. The highest BCUT2D eigenvalue weighted by Gasteiger charge is 2.87. The Balaban J connectivity index is 1.45. The lowest BCUT2D eigenvalue weighted by molar-refractivity contribution is -0.159. The van der Waals surface area contributed by atoms with Crippen molar-refractivity contribution in [1.82, 2.24) is 20.9 Å². The molecule has 2 fully saturated rings. The maximum absolute atomic E-state index is 12.5. The molecule has 1 amide bonds. The lowest BCUT2D eigenvalue weighted by Gasteiger charge is -2.24. The van der Waals surface area contributed by atoms with E-state index < -0.39 is 23.2 Å². The summed E-state index contributed by atoms with van der Waals surface area (Å²) in [5.74, 6) is -1.76. The molecule has 128 valence electrons. The monoisotopic (exact) mass is 350 g/mol. The number of rotatable bonds is 2. The third-order valence-corrected chi connectivity index (χ3v) is 4.86. The topological polar surface area (TPSA) is 89.3 Å². The van der Waals surface area contributed by atoms with E-state index in [1.165, 1.54) is 0 Å². The quantitative estimate of drug-likeness (QED) is 0.856. The van der Waals surface area contributed by atoms with Gasteiger partial charge in [0.15, 0.2) is 11.1 Å². The fourth-order valence-corrected chi connectivity index (χ4v) is 3.50. The summed E-state index contributed by atoms with van der Waals surface area (Å²) in [6.45, 7) is 1.81. The van der Waals surface area contributed by atoms with E-state index in [2.05, 4.69) is 25.5 Å². The number of alkyl halides is 3. The molecule has 1 aromatic heterocycles. The summed E-state index contributed by atoms with van der Waals surface area (Å²) in [5, 5.41) is 6.47. The van der Waals surface area contributed by atoms with Crippen LogP contribution in [0.4, 0.5) is 13.2 Å². The summed E-state index contributed by atoms with van der Waals surface area (Å²) in [7, 11) is 0.